The van der Waals surface area contributed by atoms with Gasteiger partial charge in [0.25, 0.3) is 0 Å². The van der Waals surface area contributed by atoms with Crippen LogP contribution in [0.1, 0.15) is 31.2 Å². The third kappa shape index (κ3) is 4.33. The molecule has 1 aliphatic carbocycles. The summed E-state index contributed by atoms with van der Waals surface area (Å²) in [6.07, 6.45) is 2.81. The number of ether oxygens (including phenoxy) is 1. The Morgan fingerprint density at radius 1 is 1.05 bits per heavy atom. The summed E-state index contributed by atoms with van der Waals surface area (Å²) < 4.78 is 5.90. The van der Waals surface area contributed by atoms with Gasteiger partial charge in [-0.1, -0.05) is 37.3 Å². The van der Waals surface area contributed by atoms with E-state index in [1.54, 1.807) is 0 Å². The summed E-state index contributed by atoms with van der Waals surface area (Å²) in [6.45, 7) is 4.47. The number of nitrogens with one attached hydrogen (secondary N) is 1. The Hall–Kier alpha value is -1.80. The Kier molecular flexibility index (Phi) is 4.56. The molecule has 1 atom stereocenters. The molecule has 0 amide bonds. The SMILES string of the molecule is CC(CNCC1CC1)c1cccc(Oc2ccccc2)c1. The number of benzene rings is 2. The van der Waals surface area contributed by atoms with Crippen molar-refractivity contribution >= 4 is 0 Å². The Balaban J connectivity index is 1.59. The third-order valence-corrected chi connectivity index (χ3v) is 3.99. The monoisotopic (exact) mass is 281 g/mol. The Labute approximate surface area is 127 Å². The summed E-state index contributed by atoms with van der Waals surface area (Å²) in [7, 11) is 0. The van der Waals surface area contributed by atoms with Crippen molar-refractivity contribution in [2.45, 2.75) is 25.7 Å². The highest BCUT2D eigenvalue weighted by molar-refractivity contribution is 5.35. The first-order valence-corrected chi connectivity index (χ1v) is 7.85. The average molecular weight is 281 g/mol. The van der Waals surface area contributed by atoms with E-state index in [-0.39, 0.29) is 0 Å². The topological polar surface area (TPSA) is 21.3 Å². The Bertz CT molecular complexity index is 563. The van der Waals surface area contributed by atoms with E-state index in [1.807, 2.05) is 36.4 Å². The molecule has 1 aliphatic rings. The van der Waals surface area contributed by atoms with Crippen molar-refractivity contribution in [3.8, 4) is 11.5 Å². The zero-order valence-corrected chi connectivity index (χ0v) is 12.6. The van der Waals surface area contributed by atoms with Crippen molar-refractivity contribution < 1.29 is 4.74 Å². The molecule has 0 bridgehead atoms. The first-order chi connectivity index (χ1) is 10.3. The molecule has 110 valence electrons. The van der Waals surface area contributed by atoms with E-state index in [0.29, 0.717) is 5.92 Å². The Morgan fingerprint density at radius 2 is 1.81 bits per heavy atom. The molecule has 0 aromatic heterocycles. The minimum Gasteiger partial charge on any atom is -0.457 e. The Morgan fingerprint density at radius 3 is 2.57 bits per heavy atom. The van der Waals surface area contributed by atoms with Crippen LogP contribution < -0.4 is 10.1 Å². The van der Waals surface area contributed by atoms with Crippen LogP contribution in [0.2, 0.25) is 0 Å². The number of hydrogen-bond donors (Lipinski definition) is 1. The molecule has 0 heterocycles. The van der Waals surface area contributed by atoms with Crippen LogP contribution in [0.3, 0.4) is 0 Å². The first-order valence-electron chi connectivity index (χ1n) is 7.85. The van der Waals surface area contributed by atoms with Gasteiger partial charge in [0.2, 0.25) is 0 Å². The van der Waals surface area contributed by atoms with Crippen LogP contribution >= 0.6 is 0 Å². The van der Waals surface area contributed by atoms with Gasteiger partial charge in [-0.2, -0.15) is 0 Å². The molecular weight excluding hydrogens is 258 g/mol. The second-order valence-electron chi connectivity index (χ2n) is 5.99. The molecule has 0 radical (unpaired) electrons. The van der Waals surface area contributed by atoms with Crippen molar-refractivity contribution in [3.05, 3.63) is 60.2 Å². The number of rotatable bonds is 7. The lowest BCUT2D eigenvalue weighted by Gasteiger charge is -2.14. The number of hydrogen-bond acceptors (Lipinski definition) is 2. The van der Waals surface area contributed by atoms with Crippen molar-refractivity contribution in [1.29, 1.82) is 0 Å². The summed E-state index contributed by atoms with van der Waals surface area (Å²) in [5, 5.41) is 3.57. The van der Waals surface area contributed by atoms with Gasteiger partial charge in [-0.15, -0.1) is 0 Å². The highest BCUT2D eigenvalue weighted by Gasteiger charge is 2.20. The molecule has 2 nitrogen and oxygen atoms in total. The first kappa shape index (κ1) is 14.2. The van der Waals surface area contributed by atoms with Crippen molar-refractivity contribution in [1.82, 2.24) is 5.32 Å². The quantitative estimate of drug-likeness (QED) is 0.802. The molecule has 21 heavy (non-hydrogen) atoms. The largest absolute Gasteiger partial charge is 0.457 e. The lowest BCUT2D eigenvalue weighted by atomic mass is 10.0. The van der Waals surface area contributed by atoms with E-state index in [4.69, 9.17) is 4.74 Å². The predicted octanol–water partition coefficient (Wildman–Crippen LogP) is 4.58. The maximum Gasteiger partial charge on any atom is 0.127 e. The highest BCUT2D eigenvalue weighted by atomic mass is 16.5. The maximum absolute atomic E-state index is 5.90. The van der Waals surface area contributed by atoms with Gasteiger partial charge >= 0.3 is 0 Å². The predicted molar refractivity (Wildman–Crippen MR) is 87.0 cm³/mol. The summed E-state index contributed by atoms with van der Waals surface area (Å²) in [5.41, 5.74) is 1.33. The van der Waals surface area contributed by atoms with Gasteiger partial charge in [0.15, 0.2) is 0 Å². The van der Waals surface area contributed by atoms with Crippen LogP contribution in [-0.4, -0.2) is 13.1 Å². The fourth-order valence-corrected chi connectivity index (χ4v) is 2.45. The van der Waals surface area contributed by atoms with E-state index < -0.39 is 0 Å². The molecule has 0 aliphatic heterocycles. The standard InChI is InChI=1S/C19H23NO/c1-15(13-20-14-16-10-11-16)17-6-5-9-19(12-17)21-18-7-3-2-4-8-18/h2-9,12,15-16,20H,10-11,13-14H2,1H3. The van der Waals surface area contributed by atoms with Crippen LogP contribution in [0.4, 0.5) is 0 Å². The van der Waals surface area contributed by atoms with E-state index in [9.17, 15) is 0 Å². The van der Waals surface area contributed by atoms with Gasteiger partial charge in [-0.25, -0.2) is 0 Å². The van der Waals surface area contributed by atoms with E-state index in [1.165, 1.54) is 24.9 Å². The van der Waals surface area contributed by atoms with Crippen molar-refractivity contribution in [3.63, 3.8) is 0 Å². The maximum atomic E-state index is 5.90. The molecule has 0 saturated heterocycles. The molecule has 1 fully saturated rings. The molecule has 2 aromatic rings. The molecule has 0 spiro atoms. The van der Waals surface area contributed by atoms with E-state index in [2.05, 4.69) is 30.4 Å². The summed E-state index contributed by atoms with van der Waals surface area (Å²) in [6, 6.07) is 18.4. The highest BCUT2D eigenvalue weighted by Crippen LogP contribution is 2.28. The second-order valence-corrected chi connectivity index (χ2v) is 5.99. The van der Waals surface area contributed by atoms with Gasteiger partial charge in [0.1, 0.15) is 11.5 Å². The minimum absolute atomic E-state index is 0.503. The van der Waals surface area contributed by atoms with Gasteiger partial charge in [-0.3, -0.25) is 0 Å². The molecule has 2 aromatic carbocycles. The fourth-order valence-electron chi connectivity index (χ4n) is 2.45. The number of para-hydroxylation sites is 1. The molecule has 1 saturated carbocycles. The van der Waals surface area contributed by atoms with E-state index >= 15 is 0 Å². The summed E-state index contributed by atoms with van der Waals surface area (Å²) >= 11 is 0. The van der Waals surface area contributed by atoms with E-state index in [0.717, 1.165) is 24.0 Å². The van der Waals surface area contributed by atoms with Crippen LogP contribution in [0.25, 0.3) is 0 Å². The van der Waals surface area contributed by atoms with Gasteiger partial charge in [0, 0.05) is 6.54 Å². The summed E-state index contributed by atoms with van der Waals surface area (Å²) in [5.74, 6) is 3.23. The van der Waals surface area contributed by atoms with Gasteiger partial charge in [0.05, 0.1) is 0 Å². The van der Waals surface area contributed by atoms with Crippen LogP contribution in [-0.2, 0) is 0 Å². The van der Waals surface area contributed by atoms with Gasteiger partial charge < -0.3 is 10.1 Å². The molecule has 2 heteroatoms. The third-order valence-electron chi connectivity index (χ3n) is 3.99. The normalized spacial score (nSPS) is 15.7. The molecule has 1 N–H and O–H groups in total. The van der Waals surface area contributed by atoms with Crippen LogP contribution in [0.5, 0.6) is 11.5 Å². The van der Waals surface area contributed by atoms with Crippen molar-refractivity contribution in [2.24, 2.45) is 5.92 Å². The molecular formula is C19H23NO. The summed E-state index contributed by atoms with van der Waals surface area (Å²) in [4.78, 5) is 0. The lowest BCUT2D eigenvalue weighted by Crippen LogP contribution is -2.22. The van der Waals surface area contributed by atoms with Crippen LogP contribution in [0, 0.1) is 5.92 Å². The molecule has 1 unspecified atom stereocenters. The second kappa shape index (κ2) is 6.77. The molecule has 3 rings (SSSR count). The lowest BCUT2D eigenvalue weighted by molar-refractivity contribution is 0.481. The fraction of sp³-hybridized carbons (Fsp3) is 0.368. The minimum atomic E-state index is 0.503. The zero-order valence-electron chi connectivity index (χ0n) is 12.6. The van der Waals surface area contributed by atoms with Gasteiger partial charge in [-0.05, 0) is 61.1 Å². The van der Waals surface area contributed by atoms with Crippen molar-refractivity contribution in [2.75, 3.05) is 13.1 Å². The average Bonchev–Trinajstić information content (AvgIpc) is 3.33. The smallest absolute Gasteiger partial charge is 0.127 e. The zero-order chi connectivity index (χ0) is 14.5. The van der Waals surface area contributed by atoms with Crippen LogP contribution in [0.15, 0.2) is 54.6 Å².